The lowest BCUT2D eigenvalue weighted by Crippen LogP contribution is -2.55. The van der Waals surface area contributed by atoms with Crippen molar-refractivity contribution < 1.29 is 0 Å². The van der Waals surface area contributed by atoms with Gasteiger partial charge in [0.05, 0.1) is 0 Å². The van der Waals surface area contributed by atoms with Gasteiger partial charge in [-0.05, 0) is 37.9 Å². The van der Waals surface area contributed by atoms with Crippen LogP contribution < -0.4 is 5.73 Å². The van der Waals surface area contributed by atoms with E-state index in [1.807, 2.05) is 12.3 Å². The third-order valence-electron chi connectivity index (χ3n) is 4.96. The number of nitrogens with zero attached hydrogens (tertiary/aromatic N) is 2. The molecule has 19 heavy (non-hydrogen) atoms. The molecule has 0 bridgehead atoms. The van der Waals surface area contributed by atoms with Gasteiger partial charge in [-0.3, -0.25) is 9.88 Å². The molecule has 2 atom stereocenters. The molecule has 0 radical (unpaired) electrons. The minimum Gasteiger partial charge on any atom is -0.329 e. The zero-order valence-electron chi connectivity index (χ0n) is 12.3. The van der Waals surface area contributed by atoms with Crippen LogP contribution in [0.4, 0.5) is 0 Å². The molecule has 2 N–H and O–H groups in total. The molecule has 1 saturated carbocycles. The monoisotopic (exact) mass is 261 g/mol. The molecule has 0 aliphatic heterocycles. The lowest BCUT2D eigenvalue weighted by Gasteiger charge is -2.43. The van der Waals surface area contributed by atoms with Gasteiger partial charge in [0.15, 0.2) is 0 Å². The van der Waals surface area contributed by atoms with Crippen molar-refractivity contribution in [3.8, 4) is 0 Å². The molecule has 1 aromatic heterocycles. The second-order valence-corrected chi connectivity index (χ2v) is 5.80. The highest BCUT2D eigenvalue weighted by atomic mass is 15.2. The van der Waals surface area contributed by atoms with Crippen LogP contribution in [0.3, 0.4) is 0 Å². The standard InChI is InChI=1S/C16H27N3/c1-3-14-7-6-10-16(14,13-17)19(2)12-9-15-8-4-5-11-18-15/h4-5,8,11,14H,3,6-7,9-10,12-13,17H2,1-2H3. The number of hydrogen-bond donors (Lipinski definition) is 1. The minimum atomic E-state index is 0.226. The van der Waals surface area contributed by atoms with Crippen LogP contribution in [0.25, 0.3) is 0 Å². The zero-order chi connectivity index (χ0) is 13.7. The molecule has 3 nitrogen and oxygen atoms in total. The highest BCUT2D eigenvalue weighted by molar-refractivity contribution is 5.05. The molecule has 0 amide bonds. The van der Waals surface area contributed by atoms with Crippen LogP contribution in [-0.2, 0) is 6.42 Å². The number of aromatic nitrogens is 1. The summed E-state index contributed by atoms with van der Waals surface area (Å²) in [4.78, 5) is 6.91. The van der Waals surface area contributed by atoms with Gasteiger partial charge in [-0.25, -0.2) is 0 Å². The highest BCUT2D eigenvalue weighted by Crippen LogP contribution is 2.41. The molecule has 3 heteroatoms. The van der Waals surface area contributed by atoms with Crippen molar-refractivity contribution in [1.82, 2.24) is 9.88 Å². The summed E-state index contributed by atoms with van der Waals surface area (Å²) >= 11 is 0. The van der Waals surface area contributed by atoms with Gasteiger partial charge in [-0.2, -0.15) is 0 Å². The summed E-state index contributed by atoms with van der Waals surface area (Å²) in [5, 5.41) is 0. The molecule has 2 unspecified atom stereocenters. The molecule has 1 aromatic rings. The first kappa shape index (κ1) is 14.5. The summed E-state index contributed by atoms with van der Waals surface area (Å²) < 4.78 is 0. The number of likely N-dealkylation sites (N-methyl/N-ethyl adjacent to an activating group) is 1. The van der Waals surface area contributed by atoms with Crippen LogP contribution in [0.5, 0.6) is 0 Å². The van der Waals surface area contributed by atoms with Crippen molar-refractivity contribution in [3.05, 3.63) is 30.1 Å². The molecule has 1 aliphatic carbocycles. The fourth-order valence-electron chi connectivity index (χ4n) is 3.69. The molecule has 0 spiro atoms. The molecule has 1 aliphatic rings. The summed E-state index contributed by atoms with van der Waals surface area (Å²) in [6, 6.07) is 6.14. The topological polar surface area (TPSA) is 42.1 Å². The van der Waals surface area contributed by atoms with E-state index in [4.69, 9.17) is 5.73 Å². The molecule has 106 valence electrons. The van der Waals surface area contributed by atoms with E-state index in [1.54, 1.807) is 0 Å². The summed E-state index contributed by atoms with van der Waals surface area (Å²) in [6.45, 7) is 4.13. The van der Waals surface area contributed by atoms with Gasteiger partial charge in [0, 0.05) is 36.9 Å². The van der Waals surface area contributed by atoms with E-state index in [1.165, 1.54) is 31.4 Å². The minimum absolute atomic E-state index is 0.226. The Balaban J connectivity index is 1.99. The quantitative estimate of drug-likeness (QED) is 0.855. The highest BCUT2D eigenvalue weighted by Gasteiger charge is 2.43. The summed E-state index contributed by atoms with van der Waals surface area (Å²) in [5.41, 5.74) is 7.55. The summed E-state index contributed by atoms with van der Waals surface area (Å²) in [7, 11) is 2.24. The number of hydrogen-bond acceptors (Lipinski definition) is 3. The molecular formula is C16H27N3. The Morgan fingerprint density at radius 1 is 1.47 bits per heavy atom. The van der Waals surface area contributed by atoms with Crippen LogP contribution >= 0.6 is 0 Å². The van der Waals surface area contributed by atoms with Crippen molar-refractivity contribution >= 4 is 0 Å². The second kappa shape index (κ2) is 6.49. The summed E-state index contributed by atoms with van der Waals surface area (Å²) in [6.07, 6.45) is 8.03. The Bertz CT molecular complexity index is 379. The van der Waals surface area contributed by atoms with Crippen LogP contribution in [0.2, 0.25) is 0 Å². The van der Waals surface area contributed by atoms with Gasteiger partial charge in [0.25, 0.3) is 0 Å². The maximum Gasteiger partial charge on any atom is 0.0416 e. The Hall–Kier alpha value is -0.930. The lowest BCUT2D eigenvalue weighted by molar-refractivity contribution is 0.0826. The van der Waals surface area contributed by atoms with Gasteiger partial charge in [-0.15, -0.1) is 0 Å². The zero-order valence-corrected chi connectivity index (χ0v) is 12.3. The van der Waals surface area contributed by atoms with Crippen LogP contribution in [0.15, 0.2) is 24.4 Å². The number of nitrogens with two attached hydrogens (primary N) is 1. The van der Waals surface area contributed by atoms with Crippen LogP contribution in [0.1, 0.15) is 38.3 Å². The predicted octanol–water partition coefficient (Wildman–Crippen LogP) is 2.46. The van der Waals surface area contributed by atoms with Crippen LogP contribution in [0, 0.1) is 5.92 Å². The molecular weight excluding hydrogens is 234 g/mol. The van der Waals surface area contributed by atoms with E-state index < -0.39 is 0 Å². The predicted molar refractivity (Wildman–Crippen MR) is 80.0 cm³/mol. The molecule has 0 aromatic carbocycles. The Morgan fingerprint density at radius 3 is 2.95 bits per heavy atom. The Kier molecular flexibility index (Phi) is 4.94. The van der Waals surface area contributed by atoms with Crippen molar-refractivity contribution in [3.63, 3.8) is 0 Å². The third kappa shape index (κ3) is 2.98. The van der Waals surface area contributed by atoms with E-state index >= 15 is 0 Å². The first-order chi connectivity index (χ1) is 9.23. The first-order valence-corrected chi connectivity index (χ1v) is 7.54. The van der Waals surface area contributed by atoms with Gasteiger partial charge < -0.3 is 5.73 Å². The van der Waals surface area contributed by atoms with Gasteiger partial charge in [0.2, 0.25) is 0 Å². The molecule has 1 heterocycles. The van der Waals surface area contributed by atoms with Gasteiger partial charge in [-0.1, -0.05) is 25.8 Å². The molecule has 0 saturated heterocycles. The van der Waals surface area contributed by atoms with E-state index in [2.05, 4.69) is 36.0 Å². The smallest absolute Gasteiger partial charge is 0.0416 e. The largest absolute Gasteiger partial charge is 0.329 e. The van der Waals surface area contributed by atoms with Crippen molar-refractivity contribution in [2.24, 2.45) is 11.7 Å². The van der Waals surface area contributed by atoms with Crippen molar-refractivity contribution in [2.75, 3.05) is 20.1 Å². The SMILES string of the molecule is CCC1CCCC1(CN)N(C)CCc1ccccn1. The van der Waals surface area contributed by atoms with E-state index in [0.29, 0.717) is 0 Å². The molecule has 2 rings (SSSR count). The maximum atomic E-state index is 6.15. The first-order valence-electron chi connectivity index (χ1n) is 7.54. The van der Waals surface area contributed by atoms with Gasteiger partial charge >= 0.3 is 0 Å². The number of rotatable bonds is 6. The van der Waals surface area contributed by atoms with E-state index in [-0.39, 0.29) is 5.54 Å². The van der Waals surface area contributed by atoms with Crippen molar-refractivity contribution in [2.45, 2.75) is 44.6 Å². The fraction of sp³-hybridized carbons (Fsp3) is 0.688. The van der Waals surface area contributed by atoms with Crippen LogP contribution in [-0.4, -0.2) is 35.6 Å². The summed E-state index contributed by atoms with van der Waals surface area (Å²) in [5.74, 6) is 0.756. The van der Waals surface area contributed by atoms with E-state index in [0.717, 1.165) is 25.4 Å². The molecule has 1 fully saturated rings. The van der Waals surface area contributed by atoms with E-state index in [9.17, 15) is 0 Å². The third-order valence-corrected chi connectivity index (χ3v) is 4.96. The normalized spacial score (nSPS) is 27.1. The second-order valence-electron chi connectivity index (χ2n) is 5.80. The Labute approximate surface area is 117 Å². The fourth-order valence-corrected chi connectivity index (χ4v) is 3.69. The number of pyridine rings is 1. The van der Waals surface area contributed by atoms with Crippen molar-refractivity contribution in [1.29, 1.82) is 0 Å². The maximum absolute atomic E-state index is 6.15. The Morgan fingerprint density at radius 2 is 2.32 bits per heavy atom. The van der Waals surface area contributed by atoms with Gasteiger partial charge in [0.1, 0.15) is 0 Å². The average Bonchev–Trinajstić information content (AvgIpc) is 2.90. The lowest BCUT2D eigenvalue weighted by atomic mass is 9.83. The average molecular weight is 261 g/mol.